The Morgan fingerprint density at radius 2 is 0.926 bits per heavy atom. The fourth-order valence-electron chi connectivity index (χ4n) is 3.57. The molecule has 164 valence electrons. The minimum Gasteiger partial charge on any atom is -0.379 e. The normalized spacial score (nSPS) is 12.6. The van der Waals surface area contributed by atoms with Gasteiger partial charge in [-0.05, 0) is 19.8 Å². The SMILES string of the molecule is CCCCCCCCCCCCCCCOCCOC(C)CCCCCC. The summed E-state index contributed by atoms with van der Waals surface area (Å²) in [5.41, 5.74) is 0. The minimum absolute atomic E-state index is 0.391. The minimum atomic E-state index is 0.391. The van der Waals surface area contributed by atoms with Gasteiger partial charge in [-0.15, -0.1) is 0 Å². The van der Waals surface area contributed by atoms with E-state index in [9.17, 15) is 0 Å². The van der Waals surface area contributed by atoms with Crippen molar-refractivity contribution in [2.45, 2.75) is 142 Å². The summed E-state index contributed by atoms with van der Waals surface area (Å²) in [7, 11) is 0. The van der Waals surface area contributed by atoms with Crippen LogP contribution < -0.4 is 0 Å². The summed E-state index contributed by atoms with van der Waals surface area (Å²) in [5, 5.41) is 0. The van der Waals surface area contributed by atoms with Crippen LogP contribution in [0.1, 0.15) is 136 Å². The topological polar surface area (TPSA) is 18.5 Å². The molecule has 0 saturated carbocycles. The van der Waals surface area contributed by atoms with E-state index in [1.165, 1.54) is 116 Å². The lowest BCUT2D eigenvalue weighted by Gasteiger charge is -2.13. The molecule has 0 aromatic carbocycles. The van der Waals surface area contributed by atoms with Gasteiger partial charge in [0.1, 0.15) is 0 Å². The lowest BCUT2D eigenvalue weighted by Crippen LogP contribution is -2.13. The first kappa shape index (κ1) is 26.9. The second-order valence-electron chi connectivity index (χ2n) is 8.39. The van der Waals surface area contributed by atoms with Crippen LogP contribution in [0, 0.1) is 0 Å². The first-order valence-corrected chi connectivity index (χ1v) is 12.5. The number of hydrogen-bond donors (Lipinski definition) is 0. The van der Waals surface area contributed by atoms with E-state index in [1.807, 2.05) is 0 Å². The maximum absolute atomic E-state index is 5.82. The summed E-state index contributed by atoms with van der Waals surface area (Å²) < 4.78 is 11.5. The third kappa shape index (κ3) is 23.9. The zero-order valence-electron chi connectivity index (χ0n) is 19.2. The van der Waals surface area contributed by atoms with Gasteiger partial charge < -0.3 is 9.47 Å². The molecule has 27 heavy (non-hydrogen) atoms. The first-order valence-electron chi connectivity index (χ1n) is 12.5. The smallest absolute Gasteiger partial charge is 0.0704 e. The fourth-order valence-corrected chi connectivity index (χ4v) is 3.57. The monoisotopic (exact) mass is 384 g/mol. The highest BCUT2D eigenvalue weighted by atomic mass is 16.5. The van der Waals surface area contributed by atoms with Gasteiger partial charge in [0.2, 0.25) is 0 Å². The molecule has 1 atom stereocenters. The quantitative estimate of drug-likeness (QED) is 0.164. The Morgan fingerprint density at radius 3 is 1.44 bits per heavy atom. The summed E-state index contributed by atoms with van der Waals surface area (Å²) >= 11 is 0. The van der Waals surface area contributed by atoms with Crippen molar-refractivity contribution in [2.24, 2.45) is 0 Å². The molecule has 0 aliphatic heterocycles. The second kappa shape index (κ2) is 24.0. The van der Waals surface area contributed by atoms with Crippen molar-refractivity contribution in [3.63, 3.8) is 0 Å². The molecule has 2 nitrogen and oxygen atoms in total. The molecule has 0 fully saturated rings. The van der Waals surface area contributed by atoms with Gasteiger partial charge >= 0.3 is 0 Å². The molecular formula is C25H52O2. The highest BCUT2D eigenvalue weighted by molar-refractivity contribution is 4.52. The fraction of sp³-hybridized carbons (Fsp3) is 1.00. The molecule has 0 heterocycles. The molecule has 0 rings (SSSR count). The maximum atomic E-state index is 5.82. The van der Waals surface area contributed by atoms with Gasteiger partial charge in [-0.25, -0.2) is 0 Å². The summed E-state index contributed by atoms with van der Waals surface area (Å²) in [6, 6.07) is 0. The van der Waals surface area contributed by atoms with Gasteiger partial charge in [0.25, 0.3) is 0 Å². The number of hydrogen-bond acceptors (Lipinski definition) is 2. The van der Waals surface area contributed by atoms with E-state index < -0.39 is 0 Å². The molecule has 0 aromatic rings. The Hall–Kier alpha value is -0.0800. The summed E-state index contributed by atoms with van der Waals surface area (Å²) in [4.78, 5) is 0. The predicted molar refractivity (Wildman–Crippen MR) is 121 cm³/mol. The Bertz CT molecular complexity index is 255. The van der Waals surface area contributed by atoms with Gasteiger partial charge in [-0.2, -0.15) is 0 Å². The number of unbranched alkanes of at least 4 members (excludes halogenated alkanes) is 15. The van der Waals surface area contributed by atoms with Crippen LogP contribution in [0.25, 0.3) is 0 Å². The van der Waals surface area contributed by atoms with E-state index >= 15 is 0 Å². The third-order valence-electron chi connectivity index (χ3n) is 5.49. The number of ether oxygens (including phenoxy) is 2. The van der Waals surface area contributed by atoms with Crippen LogP contribution in [-0.2, 0) is 9.47 Å². The van der Waals surface area contributed by atoms with E-state index in [0.717, 1.165) is 19.8 Å². The average Bonchev–Trinajstić information content (AvgIpc) is 2.67. The summed E-state index contributed by atoms with van der Waals surface area (Å²) in [6.45, 7) is 9.17. The van der Waals surface area contributed by atoms with E-state index in [2.05, 4.69) is 20.8 Å². The van der Waals surface area contributed by atoms with Crippen LogP contribution >= 0.6 is 0 Å². The molecule has 0 spiro atoms. The lowest BCUT2D eigenvalue weighted by molar-refractivity contribution is 0.00755. The highest BCUT2D eigenvalue weighted by Gasteiger charge is 2.01. The van der Waals surface area contributed by atoms with Crippen LogP contribution in [0.3, 0.4) is 0 Å². The summed E-state index contributed by atoms with van der Waals surface area (Å²) in [5.74, 6) is 0. The van der Waals surface area contributed by atoms with Gasteiger partial charge in [0, 0.05) is 6.61 Å². The zero-order chi connectivity index (χ0) is 19.8. The lowest BCUT2D eigenvalue weighted by atomic mass is 10.0. The molecule has 0 aromatic heterocycles. The van der Waals surface area contributed by atoms with Crippen molar-refractivity contribution in [1.29, 1.82) is 0 Å². The van der Waals surface area contributed by atoms with Crippen molar-refractivity contribution in [3.8, 4) is 0 Å². The van der Waals surface area contributed by atoms with Gasteiger partial charge in [0.05, 0.1) is 19.3 Å². The van der Waals surface area contributed by atoms with Gasteiger partial charge in [-0.3, -0.25) is 0 Å². The third-order valence-corrected chi connectivity index (χ3v) is 5.49. The maximum Gasteiger partial charge on any atom is 0.0704 e. The summed E-state index contributed by atoms with van der Waals surface area (Å²) in [6.07, 6.45) is 25.1. The molecule has 0 saturated heterocycles. The predicted octanol–water partition coefficient (Wildman–Crippen LogP) is 8.47. The van der Waals surface area contributed by atoms with E-state index in [-0.39, 0.29) is 0 Å². The number of rotatable bonds is 23. The Kier molecular flexibility index (Phi) is 23.9. The molecule has 0 aliphatic rings. The van der Waals surface area contributed by atoms with Crippen LogP contribution in [0.4, 0.5) is 0 Å². The molecule has 0 bridgehead atoms. The van der Waals surface area contributed by atoms with Gasteiger partial charge in [-0.1, -0.05) is 117 Å². The van der Waals surface area contributed by atoms with Gasteiger partial charge in [0.15, 0.2) is 0 Å². The Morgan fingerprint density at radius 1 is 0.481 bits per heavy atom. The average molecular weight is 385 g/mol. The van der Waals surface area contributed by atoms with Crippen molar-refractivity contribution < 1.29 is 9.47 Å². The van der Waals surface area contributed by atoms with Crippen molar-refractivity contribution >= 4 is 0 Å². The van der Waals surface area contributed by atoms with Crippen LogP contribution in [0.15, 0.2) is 0 Å². The van der Waals surface area contributed by atoms with Crippen LogP contribution in [0.2, 0.25) is 0 Å². The van der Waals surface area contributed by atoms with Crippen molar-refractivity contribution in [3.05, 3.63) is 0 Å². The van der Waals surface area contributed by atoms with Crippen molar-refractivity contribution in [1.82, 2.24) is 0 Å². The molecule has 0 aliphatic carbocycles. The Balaban J connectivity index is 3.06. The molecular weight excluding hydrogens is 332 g/mol. The molecule has 2 heteroatoms. The van der Waals surface area contributed by atoms with Crippen molar-refractivity contribution in [2.75, 3.05) is 19.8 Å². The van der Waals surface area contributed by atoms with Crippen LogP contribution in [0.5, 0.6) is 0 Å². The van der Waals surface area contributed by atoms with E-state index in [1.54, 1.807) is 0 Å². The highest BCUT2D eigenvalue weighted by Crippen LogP contribution is 2.12. The Labute approximate surface area is 172 Å². The van der Waals surface area contributed by atoms with Crippen LogP contribution in [-0.4, -0.2) is 25.9 Å². The van der Waals surface area contributed by atoms with E-state index in [0.29, 0.717) is 6.10 Å². The standard InChI is InChI=1S/C25H52O2/c1-4-6-8-10-11-12-13-14-15-16-17-18-20-22-26-23-24-27-25(3)21-19-9-7-5-2/h25H,4-24H2,1-3H3. The molecule has 0 radical (unpaired) electrons. The molecule has 0 N–H and O–H groups in total. The zero-order valence-corrected chi connectivity index (χ0v) is 19.2. The molecule has 0 amide bonds. The second-order valence-corrected chi connectivity index (χ2v) is 8.39. The largest absolute Gasteiger partial charge is 0.379 e. The van der Waals surface area contributed by atoms with E-state index in [4.69, 9.17) is 9.47 Å². The first-order chi connectivity index (χ1) is 13.3. The molecule has 1 unspecified atom stereocenters.